The number of hydrogen-bond acceptors (Lipinski definition) is 6. The van der Waals surface area contributed by atoms with Crippen molar-refractivity contribution in [3.8, 4) is 17.2 Å². The fourth-order valence-electron chi connectivity index (χ4n) is 2.86. The van der Waals surface area contributed by atoms with Crippen LogP contribution in [0.5, 0.6) is 11.5 Å². The summed E-state index contributed by atoms with van der Waals surface area (Å²) in [6.07, 6.45) is 2.39. The van der Waals surface area contributed by atoms with Crippen molar-refractivity contribution in [2.24, 2.45) is 0 Å². The molecule has 0 saturated heterocycles. The van der Waals surface area contributed by atoms with E-state index in [-0.39, 0.29) is 11.4 Å². The summed E-state index contributed by atoms with van der Waals surface area (Å²) in [5.74, 6) is 1.15. The average Bonchev–Trinajstić information content (AvgIpc) is 3.27. The number of hydrogen-bond donors (Lipinski definition) is 2. The fourth-order valence-corrected chi connectivity index (χ4v) is 3.89. The molecule has 1 atom stereocenters. The monoisotopic (exact) mass is 401 g/mol. The number of nitrogens with one attached hydrogen (secondary N) is 1. The maximum absolute atomic E-state index is 12.5. The molecular formula is C19H19N3O5S. The van der Waals surface area contributed by atoms with E-state index in [9.17, 15) is 13.5 Å². The summed E-state index contributed by atoms with van der Waals surface area (Å²) in [6, 6.07) is 13.2. The van der Waals surface area contributed by atoms with Gasteiger partial charge in [-0.3, -0.25) is 0 Å². The van der Waals surface area contributed by atoms with E-state index in [4.69, 9.17) is 9.47 Å². The zero-order valence-corrected chi connectivity index (χ0v) is 15.7. The molecule has 0 radical (unpaired) electrons. The summed E-state index contributed by atoms with van der Waals surface area (Å²) in [5, 5.41) is 14.5. The Hall–Kier alpha value is -2.88. The molecule has 146 valence electrons. The number of aromatic nitrogens is 2. The summed E-state index contributed by atoms with van der Waals surface area (Å²) >= 11 is 0. The Morgan fingerprint density at radius 3 is 2.57 bits per heavy atom. The maximum Gasteiger partial charge on any atom is 0.240 e. The number of sulfonamides is 1. The van der Waals surface area contributed by atoms with Crippen LogP contribution in [0.1, 0.15) is 11.7 Å². The minimum Gasteiger partial charge on any atom is -0.486 e. The highest BCUT2D eigenvalue weighted by atomic mass is 32.2. The fraction of sp³-hybridized carbons (Fsp3) is 0.211. The van der Waals surface area contributed by atoms with E-state index in [1.54, 1.807) is 53.5 Å². The first-order valence-electron chi connectivity index (χ1n) is 8.70. The Morgan fingerprint density at radius 1 is 1.11 bits per heavy atom. The van der Waals surface area contributed by atoms with Crippen LogP contribution in [0, 0.1) is 0 Å². The minimum atomic E-state index is -3.76. The van der Waals surface area contributed by atoms with Crippen molar-refractivity contribution in [1.82, 2.24) is 14.5 Å². The normalized spacial score (nSPS) is 14.6. The lowest BCUT2D eigenvalue weighted by molar-refractivity contribution is 0.165. The van der Waals surface area contributed by atoms with Crippen molar-refractivity contribution in [3.05, 3.63) is 66.5 Å². The molecule has 4 rings (SSSR count). The Morgan fingerprint density at radius 2 is 1.86 bits per heavy atom. The Labute approximate surface area is 162 Å². The SMILES string of the molecule is O=S(=O)(NC[C@H](O)c1ccc2c(c1)OCCO2)c1ccc(-n2cccn2)cc1. The van der Waals surface area contributed by atoms with E-state index in [0.29, 0.717) is 30.3 Å². The van der Waals surface area contributed by atoms with Crippen LogP contribution in [0.4, 0.5) is 0 Å². The number of rotatable bonds is 6. The lowest BCUT2D eigenvalue weighted by Crippen LogP contribution is -2.28. The third kappa shape index (κ3) is 3.86. The Bertz CT molecular complexity index is 1050. The Kier molecular flexibility index (Phi) is 5.03. The number of aliphatic hydroxyl groups is 1. The van der Waals surface area contributed by atoms with Crippen molar-refractivity contribution in [1.29, 1.82) is 0 Å². The number of fused-ring (bicyclic) bond motifs is 1. The third-order valence-electron chi connectivity index (χ3n) is 4.33. The van der Waals surface area contributed by atoms with Crippen molar-refractivity contribution in [3.63, 3.8) is 0 Å². The van der Waals surface area contributed by atoms with Crippen LogP contribution >= 0.6 is 0 Å². The van der Waals surface area contributed by atoms with E-state index in [1.807, 2.05) is 0 Å². The smallest absolute Gasteiger partial charge is 0.240 e. The highest BCUT2D eigenvalue weighted by Crippen LogP contribution is 2.32. The molecule has 1 aliphatic rings. The summed E-state index contributed by atoms with van der Waals surface area (Å²) in [4.78, 5) is 0.109. The zero-order valence-electron chi connectivity index (χ0n) is 14.9. The summed E-state index contributed by atoms with van der Waals surface area (Å²) in [7, 11) is -3.76. The first-order chi connectivity index (χ1) is 13.5. The van der Waals surface area contributed by atoms with Gasteiger partial charge in [-0.15, -0.1) is 0 Å². The molecule has 1 aromatic heterocycles. The van der Waals surface area contributed by atoms with Crippen molar-refractivity contribution in [2.75, 3.05) is 19.8 Å². The highest BCUT2D eigenvalue weighted by molar-refractivity contribution is 7.89. The molecule has 8 nitrogen and oxygen atoms in total. The molecule has 0 saturated carbocycles. The summed E-state index contributed by atoms with van der Waals surface area (Å²) in [5.41, 5.74) is 1.29. The molecule has 0 bridgehead atoms. The van der Waals surface area contributed by atoms with Gasteiger partial charge < -0.3 is 14.6 Å². The molecule has 9 heteroatoms. The van der Waals surface area contributed by atoms with Crippen LogP contribution in [0.25, 0.3) is 5.69 Å². The van der Waals surface area contributed by atoms with Crippen LogP contribution in [0.2, 0.25) is 0 Å². The van der Waals surface area contributed by atoms with Gasteiger partial charge in [0.1, 0.15) is 13.2 Å². The third-order valence-corrected chi connectivity index (χ3v) is 5.77. The molecule has 1 aliphatic heterocycles. The molecule has 3 aromatic rings. The van der Waals surface area contributed by atoms with E-state index in [2.05, 4.69) is 9.82 Å². The lowest BCUT2D eigenvalue weighted by Gasteiger charge is -2.20. The molecule has 0 fully saturated rings. The molecule has 2 N–H and O–H groups in total. The average molecular weight is 401 g/mol. The van der Waals surface area contributed by atoms with Gasteiger partial charge >= 0.3 is 0 Å². The molecule has 0 amide bonds. The van der Waals surface area contributed by atoms with Gasteiger partial charge in [0.25, 0.3) is 0 Å². The predicted octanol–water partition coefficient (Wildman–Crippen LogP) is 1.66. The first-order valence-corrected chi connectivity index (χ1v) is 10.2. The van der Waals surface area contributed by atoms with Crippen molar-refractivity contribution < 1.29 is 23.0 Å². The summed E-state index contributed by atoms with van der Waals surface area (Å²) < 4.78 is 40.0. The largest absolute Gasteiger partial charge is 0.486 e. The van der Waals surface area contributed by atoms with Gasteiger partial charge in [0, 0.05) is 18.9 Å². The van der Waals surface area contributed by atoms with E-state index in [1.165, 1.54) is 12.1 Å². The lowest BCUT2D eigenvalue weighted by atomic mass is 10.1. The molecule has 0 unspecified atom stereocenters. The van der Waals surface area contributed by atoms with Crippen molar-refractivity contribution >= 4 is 10.0 Å². The van der Waals surface area contributed by atoms with E-state index >= 15 is 0 Å². The van der Waals surface area contributed by atoms with Gasteiger partial charge in [-0.25, -0.2) is 17.8 Å². The first kappa shape index (κ1) is 18.5. The number of aliphatic hydroxyl groups excluding tert-OH is 1. The van der Waals surface area contributed by atoms with Gasteiger partial charge in [0.05, 0.1) is 16.7 Å². The number of benzene rings is 2. The van der Waals surface area contributed by atoms with Gasteiger partial charge in [0.2, 0.25) is 10.0 Å². The molecule has 0 aliphatic carbocycles. The standard InChI is InChI=1S/C19H19N3O5S/c23-17(14-2-7-18-19(12-14)27-11-10-26-18)13-21-28(24,25)16-5-3-15(4-6-16)22-9-1-8-20-22/h1-9,12,17,21,23H,10-11,13H2/t17-/m0/s1. The Balaban J connectivity index is 1.43. The van der Waals surface area contributed by atoms with Gasteiger partial charge in [-0.05, 0) is 48.0 Å². The number of ether oxygens (including phenoxy) is 2. The minimum absolute atomic E-state index is 0.109. The van der Waals surface area contributed by atoms with Crippen molar-refractivity contribution in [2.45, 2.75) is 11.0 Å². The van der Waals surface area contributed by atoms with Crippen LogP contribution in [-0.2, 0) is 10.0 Å². The second-order valence-corrected chi connectivity index (χ2v) is 7.98. The van der Waals surface area contributed by atoms with Crippen LogP contribution in [-0.4, -0.2) is 43.1 Å². The van der Waals surface area contributed by atoms with Gasteiger partial charge in [-0.2, -0.15) is 5.10 Å². The van der Waals surface area contributed by atoms with E-state index < -0.39 is 16.1 Å². The number of nitrogens with zero attached hydrogens (tertiary/aromatic N) is 2. The topological polar surface area (TPSA) is 103 Å². The molecular weight excluding hydrogens is 382 g/mol. The van der Waals surface area contributed by atoms with E-state index in [0.717, 1.165) is 5.69 Å². The second-order valence-electron chi connectivity index (χ2n) is 6.22. The zero-order chi connectivity index (χ0) is 19.6. The highest BCUT2D eigenvalue weighted by Gasteiger charge is 2.19. The molecule has 2 heterocycles. The molecule has 2 aromatic carbocycles. The quantitative estimate of drug-likeness (QED) is 0.651. The predicted molar refractivity (Wildman–Crippen MR) is 101 cm³/mol. The second kappa shape index (κ2) is 7.63. The van der Waals surface area contributed by atoms with Gasteiger partial charge in [-0.1, -0.05) is 6.07 Å². The van der Waals surface area contributed by atoms with Crippen LogP contribution in [0.15, 0.2) is 65.8 Å². The van der Waals surface area contributed by atoms with Crippen LogP contribution < -0.4 is 14.2 Å². The van der Waals surface area contributed by atoms with Crippen LogP contribution in [0.3, 0.4) is 0 Å². The molecule has 0 spiro atoms. The molecule has 28 heavy (non-hydrogen) atoms. The summed E-state index contributed by atoms with van der Waals surface area (Å²) in [6.45, 7) is 0.754. The van der Waals surface area contributed by atoms with Gasteiger partial charge in [0.15, 0.2) is 11.5 Å². The maximum atomic E-state index is 12.5.